The number of benzene rings is 4. The number of amides is 2. The second-order valence-corrected chi connectivity index (χ2v) is 20.2. The summed E-state index contributed by atoms with van der Waals surface area (Å²) in [5, 5.41) is 4.55. The van der Waals surface area contributed by atoms with Crippen molar-refractivity contribution in [1.82, 2.24) is 10.2 Å². The van der Waals surface area contributed by atoms with E-state index in [0.29, 0.717) is 0 Å². The van der Waals surface area contributed by atoms with Gasteiger partial charge in [0.15, 0.2) is 0 Å². The number of alkyl halides is 3. The van der Waals surface area contributed by atoms with Gasteiger partial charge in [-0.15, -0.1) is 11.8 Å². The van der Waals surface area contributed by atoms with Gasteiger partial charge in [0.25, 0.3) is 5.91 Å². The minimum atomic E-state index is -3.22. The van der Waals surface area contributed by atoms with Gasteiger partial charge >= 0.3 is 12.1 Å². The molecule has 4 aromatic rings. The van der Waals surface area contributed by atoms with Gasteiger partial charge in [-0.05, 0) is 42.2 Å². The van der Waals surface area contributed by atoms with Crippen molar-refractivity contribution in [3.63, 3.8) is 0 Å². The van der Waals surface area contributed by atoms with E-state index in [-0.39, 0.29) is 30.1 Å². The van der Waals surface area contributed by atoms with E-state index in [1.807, 2.05) is 121 Å². The molecule has 0 bridgehead atoms. The van der Waals surface area contributed by atoms with Gasteiger partial charge in [0.2, 0.25) is 9.70 Å². The standard InChI is InChI=1S/C40H40Cl3N2O7PS/c1-39(2,3)52-37(48)35(53(29-18-10-5-11-19-29,30-20-12-6-13-21-30)31-22-14-7-15-23-31)45-34(47)33(44-32(46)26-28-16-8-4-9-17-28)36(45)54-25-24-50-38(49)51-27-40(41,42)43/h4-23,33,36H,24-27H2,1-3H3,(H,44,46)/t33-,36-/m1/s1. The average molecular weight is 830 g/mol. The first-order valence-electron chi connectivity index (χ1n) is 17.0. The lowest BCUT2D eigenvalue weighted by atomic mass is 10.1. The van der Waals surface area contributed by atoms with Crippen LogP contribution in [0.4, 0.5) is 4.79 Å². The van der Waals surface area contributed by atoms with Crippen LogP contribution in [0.1, 0.15) is 26.3 Å². The molecule has 1 N–H and O–H groups in total. The molecule has 1 fully saturated rings. The number of carbonyl (C=O) groups is 4. The van der Waals surface area contributed by atoms with Crippen LogP contribution >= 0.6 is 53.5 Å². The highest BCUT2D eigenvalue weighted by Gasteiger charge is 2.55. The van der Waals surface area contributed by atoms with Crippen LogP contribution < -0.4 is 21.2 Å². The fourth-order valence-corrected chi connectivity index (χ4v) is 11.7. The molecular weight excluding hydrogens is 790 g/mol. The van der Waals surface area contributed by atoms with Gasteiger partial charge in [-0.1, -0.05) is 156 Å². The molecule has 0 spiro atoms. The number of hydrogen-bond acceptors (Lipinski definition) is 8. The molecule has 2 amide bonds. The summed E-state index contributed by atoms with van der Waals surface area (Å²) >= 11 is 18.3. The monoisotopic (exact) mass is 828 g/mol. The van der Waals surface area contributed by atoms with Crippen molar-refractivity contribution in [2.75, 3.05) is 19.0 Å². The molecule has 0 radical (unpaired) electrons. The third kappa shape index (κ3) is 10.2. The van der Waals surface area contributed by atoms with Crippen molar-refractivity contribution in [1.29, 1.82) is 0 Å². The molecular formula is C40H40Cl3N2O7PS. The van der Waals surface area contributed by atoms with Crippen LogP contribution in [0, 0.1) is 0 Å². The third-order valence-electron chi connectivity index (χ3n) is 8.07. The smallest absolute Gasteiger partial charge is 0.455 e. The zero-order chi connectivity index (χ0) is 38.9. The van der Waals surface area contributed by atoms with E-state index in [9.17, 15) is 19.2 Å². The number of β-lactam (4-membered cyclic amide) rings is 1. The maximum absolute atomic E-state index is 15.0. The summed E-state index contributed by atoms with van der Waals surface area (Å²) in [5.41, 5.74) is -0.00383. The van der Waals surface area contributed by atoms with Gasteiger partial charge in [0.1, 0.15) is 35.6 Å². The number of ether oxygens (including phenoxy) is 3. The van der Waals surface area contributed by atoms with E-state index >= 15 is 0 Å². The average Bonchev–Trinajstić information content (AvgIpc) is 3.14. The van der Waals surface area contributed by atoms with Crippen LogP contribution in [0.15, 0.2) is 121 Å². The minimum Gasteiger partial charge on any atom is -0.455 e. The number of likely N-dealkylation sites (tertiary alicyclic amines) is 1. The zero-order valence-corrected chi connectivity index (χ0v) is 33.8. The number of nitrogens with one attached hydrogen (secondary N) is 1. The Labute approximate surface area is 334 Å². The fraction of sp³-hybridized carbons (Fsp3) is 0.275. The number of halogens is 3. The van der Waals surface area contributed by atoms with Crippen LogP contribution in [-0.4, -0.2) is 74.0 Å². The summed E-state index contributed by atoms with van der Waals surface area (Å²) in [5.74, 6) is -1.38. The van der Waals surface area contributed by atoms with Crippen LogP contribution in [0.2, 0.25) is 0 Å². The lowest BCUT2D eigenvalue weighted by Crippen LogP contribution is -2.72. The van der Waals surface area contributed by atoms with Gasteiger partial charge in [-0.2, -0.15) is 0 Å². The molecule has 1 saturated heterocycles. The van der Waals surface area contributed by atoms with E-state index in [1.54, 1.807) is 20.8 Å². The molecule has 9 nitrogen and oxygen atoms in total. The Morgan fingerprint density at radius 2 is 1.24 bits per heavy atom. The molecule has 0 aliphatic carbocycles. The SMILES string of the molecule is CC(C)(C)OC(=O)C(N1C(=O)[C@@H](NC(=O)Cc2ccccc2)[C@H]1SCCOC(=O)OCC(Cl)(Cl)Cl)=P(c1ccccc1)(c1ccccc1)c1ccccc1. The van der Waals surface area contributed by atoms with E-state index in [4.69, 9.17) is 49.0 Å². The van der Waals surface area contributed by atoms with Crippen molar-refractivity contribution in [3.8, 4) is 0 Å². The van der Waals surface area contributed by atoms with E-state index in [0.717, 1.165) is 21.5 Å². The predicted molar refractivity (Wildman–Crippen MR) is 219 cm³/mol. The maximum atomic E-state index is 15.0. The highest BCUT2D eigenvalue weighted by molar-refractivity contribution is 8.00. The molecule has 1 aliphatic heterocycles. The molecule has 0 unspecified atom stereocenters. The molecule has 14 heteroatoms. The van der Waals surface area contributed by atoms with Crippen molar-refractivity contribution in [2.24, 2.45) is 0 Å². The molecule has 0 aromatic heterocycles. The lowest BCUT2D eigenvalue weighted by Gasteiger charge is -2.49. The van der Waals surface area contributed by atoms with Gasteiger partial charge in [0, 0.05) is 12.6 Å². The molecule has 0 saturated carbocycles. The molecule has 2 atom stereocenters. The number of hydrogen-bond donors (Lipinski definition) is 1. The van der Waals surface area contributed by atoms with Gasteiger partial charge < -0.3 is 19.5 Å². The lowest BCUT2D eigenvalue weighted by molar-refractivity contribution is -0.151. The van der Waals surface area contributed by atoms with Crippen LogP contribution in [0.3, 0.4) is 0 Å². The maximum Gasteiger partial charge on any atom is 0.508 e. The van der Waals surface area contributed by atoms with Gasteiger partial charge in [-0.3, -0.25) is 14.5 Å². The van der Waals surface area contributed by atoms with E-state index < -0.39 is 52.3 Å². The highest BCUT2D eigenvalue weighted by Crippen LogP contribution is 2.50. The molecule has 54 heavy (non-hydrogen) atoms. The Morgan fingerprint density at radius 1 is 0.759 bits per heavy atom. The fourth-order valence-electron chi connectivity index (χ4n) is 5.96. The first-order valence-corrected chi connectivity index (χ1v) is 21.0. The summed E-state index contributed by atoms with van der Waals surface area (Å²) in [6.45, 7) is 1.43. The van der Waals surface area contributed by atoms with Crippen molar-refractivity contribution in [2.45, 2.75) is 48.0 Å². The number of rotatable bonds is 13. The van der Waals surface area contributed by atoms with Crippen LogP contribution in [0.25, 0.3) is 0 Å². The van der Waals surface area contributed by atoms with Crippen LogP contribution in [0.5, 0.6) is 0 Å². The number of carbonyl (C=O) groups excluding carboxylic acids is 4. The van der Waals surface area contributed by atoms with Gasteiger partial charge in [0.05, 0.1) is 6.42 Å². The Kier molecular flexibility index (Phi) is 13.9. The zero-order valence-electron chi connectivity index (χ0n) is 29.8. The largest absolute Gasteiger partial charge is 0.508 e. The Hall–Kier alpha value is -3.92. The normalized spacial score (nSPS) is 15.8. The minimum absolute atomic E-state index is 0.0395. The third-order valence-corrected chi connectivity index (χ3v) is 13.9. The van der Waals surface area contributed by atoms with E-state index in [2.05, 4.69) is 5.32 Å². The summed E-state index contributed by atoms with van der Waals surface area (Å²) < 4.78 is 14.5. The molecule has 4 aromatic carbocycles. The number of esters is 1. The molecule has 5 rings (SSSR count). The second-order valence-electron chi connectivity index (χ2n) is 13.2. The summed E-state index contributed by atoms with van der Waals surface area (Å²) in [7, 11) is 0. The van der Waals surface area contributed by atoms with Crippen molar-refractivity contribution < 1.29 is 33.4 Å². The summed E-state index contributed by atoms with van der Waals surface area (Å²) in [6, 6.07) is 37.0. The van der Waals surface area contributed by atoms with Crippen molar-refractivity contribution >= 4 is 98.7 Å². The Balaban J connectivity index is 1.66. The quantitative estimate of drug-likeness (QED) is 0.0528. The molecule has 1 aliphatic rings. The number of thioether (sulfide) groups is 1. The summed E-state index contributed by atoms with van der Waals surface area (Å²) in [6.07, 6.45) is -1.00. The Morgan fingerprint density at radius 3 is 1.70 bits per heavy atom. The first-order chi connectivity index (χ1) is 25.7. The van der Waals surface area contributed by atoms with E-state index in [1.165, 1.54) is 16.7 Å². The number of nitrogens with zero attached hydrogens (tertiary/aromatic N) is 1. The molecule has 1 heterocycles. The topological polar surface area (TPSA) is 111 Å². The van der Waals surface area contributed by atoms with Crippen molar-refractivity contribution in [3.05, 3.63) is 127 Å². The second kappa shape index (κ2) is 18.1. The summed E-state index contributed by atoms with van der Waals surface area (Å²) in [4.78, 5) is 56.8. The predicted octanol–water partition coefficient (Wildman–Crippen LogP) is 6.60. The van der Waals surface area contributed by atoms with Crippen LogP contribution in [-0.2, 0) is 35.0 Å². The molecule has 284 valence electrons. The van der Waals surface area contributed by atoms with Gasteiger partial charge in [-0.25, -0.2) is 9.59 Å². The highest BCUT2D eigenvalue weighted by atomic mass is 35.6. The Bertz CT molecular complexity index is 1870. The first kappa shape index (κ1) is 41.2.